The third-order valence-electron chi connectivity index (χ3n) is 2.46. The summed E-state index contributed by atoms with van der Waals surface area (Å²) in [5, 5.41) is 2.71. The van der Waals surface area contributed by atoms with E-state index in [1.165, 1.54) is 4.90 Å². The fourth-order valence-corrected chi connectivity index (χ4v) is 1.87. The van der Waals surface area contributed by atoms with Gasteiger partial charge in [0.25, 0.3) is 0 Å². The molecule has 0 aromatic heterocycles. The van der Waals surface area contributed by atoms with Gasteiger partial charge in [0, 0.05) is 25.9 Å². The summed E-state index contributed by atoms with van der Waals surface area (Å²) in [7, 11) is 0. The van der Waals surface area contributed by atoms with Gasteiger partial charge in [0.1, 0.15) is 4.32 Å². The van der Waals surface area contributed by atoms with Crippen LogP contribution in [-0.2, 0) is 9.59 Å². The molecular formula is C17H30N2O2S2. The molecule has 4 nitrogen and oxygen atoms in total. The van der Waals surface area contributed by atoms with Crippen LogP contribution in [0, 0.1) is 11.8 Å². The Morgan fingerprint density at radius 3 is 2.00 bits per heavy atom. The summed E-state index contributed by atoms with van der Waals surface area (Å²) in [6.07, 6.45) is 4.42. The molecule has 0 saturated heterocycles. The van der Waals surface area contributed by atoms with E-state index >= 15 is 0 Å². The van der Waals surface area contributed by atoms with E-state index in [1.807, 2.05) is 27.7 Å². The minimum atomic E-state index is 0.00917. The largest absolute Gasteiger partial charge is 0.353 e. The van der Waals surface area contributed by atoms with Crippen molar-refractivity contribution in [2.75, 3.05) is 13.1 Å². The number of hydrogen-bond acceptors (Lipinski definition) is 3. The van der Waals surface area contributed by atoms with Gasteiger partial charge in [-0.15, -0.1) is 25.8 Å². The second kappa shape index (κ2) is 14.5. The number of thiol groups is 1. The highest BCUT2D eigenvalue weighted by Crippen LogP contribution is 2.06. The highest BCUT2D eigenvalue weighted by atomic mass is 32.1. The normalized spacial score (nSPS) is 9.70. The molecule has 0 aromatic carbocycles. The van der Waals surface area contributed by atoms with Crippen molar-refractivity contribution in [2.24, 2.45) is 11.8 Å². The maximum atomic E-state index is 11.5. The van der Waals surface area contributed by atoms with Crippen LogP contribution in [0.4, 0.5) is 0 Å². The van der Waals surface area contributed by atoms with Crippen LogP contribution < -0.4 is 5.32 Å². The fourth-order valence-electron chi connectivity index (χ4n) is 1.50. The minimum absolute atomic E-state index is 0.00917. The van der Waals surface area contributed by atoms with Crippen LogP contribution in [0.5, 0.6) is 0 Å². The molecular weight excluding hydrogens is 328 g/mol. The molecule has 0 spiro atoms. The zero-order valence-electron chi connectivity index (χ0n) is 14.7. The second-order valence-electron chi connectivity index (χ2n) is 5.86. The van der Waals surface area contributed by atoms with Gasteiger partial charge < -0.3 is 5.32 Å². The van der Waals surface area contributed by atoms with Crippen LogP contribution in [0.3, 0.4) is 0 Å². The van der Waals surface area contributed by atoms with E-state index in [9.17, 15) is 9.59 Å². The van der Waals surface area contributed by atoms with Crippen molar-refractivity contribution in [3.63, 3.8) is 0 Å². The molecule has 0 aliphatic heterocycles. The molecule has 0 heterocycles. The van der Waals surface area contributed by atoms with Gasteiger partial charge in [-0.3, -0.25) is 14.5 Å². The maximum Gasteiger partial charge on any atom is 0.228 e. The van der Waals surface area contributed by atoms with E-state index in [0.29, 0.717) is 42.1 Å². The van der Waals surface area contributed by atoms with Gasteiger partial charge in [0.05, 0.1) is 0 Å². The van der Waals surface area contributed by atoms with Gasteiger partial charge in [-0.25, -0.2) is 0 Å². The number of amides is 2. The highest BCUT2D eigenvalue weighted by Gasteiger charge is 2.15. The zero-order chi connectivity index (χ0) is 18.4. The Hall–Kier alpha value is -1.14. The fraction of sp³-hybridized carbons (Fsp3) is 0.588. The van der Waals surface area contributed by atoms with Crippen LogP contribution >= 0.6 is 24.8 Å². The third-order valence-corrected chi connectivity index (χ3v) is 2.93. The quantitative estimate of drug-likeness (QED) is 0.396. The van der Waals surface area contributed by atoms with E-state index in [1.54, 1.807) is 12.2 Å². The van der Waals surface area contributed by atoms with E-state index in [2.05, 4.69) is 31.1 Å². The molecule has 0 saturated carbocycles. The summed E-state index contributed by atoms with van der Waals surface area (Å²) in [5.74, 6) is 0.886. The van der Waals surface area contributed by atoms with Crippen LogP contribution in [0.15, 0.2) is 25.3 Å². The lowest BCUT2D eigenvalue weighted by Crippen LogP contribution is -2.33. The van der Waals surface area contributed by atoms with Gasteiger partial charge in [-0.2, -0.15) is 0 Å². The summed E-state index contributed by atoms with van der Waals surface area (Å²) >= 11 is 8.81. The molecule has 132 valence electrons. The first-order valence-electron chi connectivity index (χ1n) is 7.67. The first-order chi connectivity index (χ1) is 10.6. The summed E-state index contributed by atoms with van der Waals surface area (Å²) < 4.78 is 0.311. The Bertz CT molecular complexity index is 407. The SMILES string of the molecule is C=CCN(C(=O)CC(C)C)C(=S)S.C=CCNC(=O)CC(C)C. The smallest absolute Gasteiger partial charge is 0.228 e. The van der Waals surface area contributed by atoms with E-state index < -0.39 is 0 Å². The van der Waals surface area contributed by atoms with Gasteiger partial charge in [0.2, 0.25) is 11.8 Å². The van der Waals surface area contributed by atoms with Crippen LogP contribution in [0.2, 0.25) is 0 Å². The summed E-state index contributed by atoms with van der Waals surface area (Å²) in [4.78, 5) is 23.8. The van der Waals surface area contributed by atoms with Crippen molar-refractivity contribution in [2.45, 2.75) is 40.5 Å². The molecule has 0 aliphatic rings. The maximum absolute atomic E-state index is 11.5. The van der Waals surface area contributed by atoms with Gasteiger partial charge in [0.15, 0.2) is 0 Å². The number of thiocarbonyl (C=S) groups is 1. The second-order valence-corrected chi connectivity index (χ2v) is 6.98. The standard InChI is InChI=1S/C9H15NOS2.C8H15NO/c1-4-5-10(9(12)13)8(11)6-7(2)3;1-4-5-9-8(10)6-7(2)3/h4,7H,1,5-6H2,2-3H3,(H,12,13);4,7H,1,5-6H2,2-3H3,(H,9,10). The van der Waals surface area contributed by atoms with Crippen molar-refractivity contribution in [1.82, 2.24) is 10.2 Å². The van der Waals surface area contributed by atoms with Crippen LogP contribution in [0.25, 0.3) is 0 Å². The Kier molecular flexibility index (Phi) is 15.2. The predicted molar refractivity (Wildman–Crippen MR) is 106 cm³/mol. The number of carbonyl (C=O) groups is 2. The Morgan fingerprint density at radius 2 is 1.65 bits per heavy atom. The van der Waals surface area contributed by atoms with Crippen LogP contribution in [0.1, 0.15) is 40.5 Å². The van der Waals surface area contributed by atoms with Crippen molar-refractivity contribution in [3.05, 3.63) is 25.3 Å². The van der Waals surface area contributed by atoms with Gasteiger partial charge in [-0.1, -0.05) is 52.1 Å². The van der Waals surface area contributed by atoms with Gasteiger partial charge >= 0.3 is 0 Å². The first kappa shape index (κ1) is 24.1. The summed E-state index contributed by atoms with van der Waals surface area (Å²) in [6.45, 7) is 16.1. The van der Waals surface area contributed by atoms with E-state index in [-0.39, 0.29) is 11.8 Å². The number of nitrogens with one attached hydrogen (secondary N) is 1. The molecule has 0 fully saturated rings. The predicted octanol–water partition coefficient (Wildman–Crippen LogP) is 3.60. The van der Waals surface area contributed by atoms with Crippen LogP contribution in [-0.4, -0.2) is 34.1 Å². The summed E-state index contributed by atoms with van der Waals surface area (Å²) in [6, 6.07) is 0. The average molecular weight is 359 g/mol. The summed E-state index contributed by atoms with van der Waals surface area (Å²) in [5.41, 5.74) is 0. The monoisotopic (exact) mass is 358 g/mol. The molecule has 0 unspecified atom stereocenters. The number of nitrogens with zero attached hydrogens (tertiary/aromatic N) is 1. The molecule has 0 radical (unpaired) electrons. The number of hydrogen-bond donors (Lipinski definition) is 2. The van der Waals surface area contributed by atoms with Crippen molar-refractivity contribution in [1.29, 1.82) is 0 Å². The number of carbonyl (C=O) groups excluding carboxylic acids is 2. The van der Waals surface area contributed by atoms with Crippen molar-refractivity contribution in [3.8, 4) is 0 Å². The molecule has 6 heteroatoms. The molecule has 1 N–H and O–H groups in total. The van der Waals surface area contributed by atoms with E-state index in [0.717, 1.165) is 0 Å². The van der Waals surface area contributed by atoms with E-state index in [4.69, 9.17) is 12.2 Å². The minimum Gasteiger partial charge on any atom is -0.353 e. The lowest BCUT2D eigenvalue weighted by atomic mass is 10.1. The molecule has 2 amide bonds. The van der Waals surface area contributed by atoms with Crippen molar-refractivity contribution < 1.29 is 9.59 Å². The van der Waals surface area contributed by atoms with Crippen molar-refractivity contribution >= 4 is 41.0 Å². The Morgan fingerprint density at radius 1 is 1.13 bits per heavy atom. The third kappa shape index (κ3) is 15.5. The molecule has 0 aromatic rings. The van der Waals surface area contributed by atoms with Gasteiger partial charge in [-0.05, 0) is 11.8 Å². The molecule has 0 atom stereocenters. The topological polar surface area (TPSA) is 49.4 Å². The average Bonchev–Trinajstić information content (AvgIpc) is 2.41. The molecule has 0 rings (SSSR count). The highest BCUT2D eigenvalue weighted by molar-refractivity contribution is 8.11. The lowest BCUT2D eigenvalue weighted by Gasteiger charge is -2.19. The Labute approximate surface area is 151 Å². The molecule has 0 aliphatic carbocycles. The molecule has 0 bridgehead atoms. The lowest BCUT2D eigenvalue weighted by molar-refractivity contribution is -0.127. The number of rotatable bonds is 8. The Balaban J connectivity index is 0. The molecule has 23 heavy (non-hydrogen) atoms. The first-order valence-corrected chi connectivity index (χ1v) is 8.52. The zero-order valence-corrected chi connectivity index (χ0v) is 16.4.